The Bertz CT molecular complexity index is 520. The lowest BCUT2D eigenvalue weighted by molar-refractivity contribution is 0.620. The Labute approximate surface area is 91.4 Å². The van der Waals surface area contributed by atoms with E-state index in [1.165, 1.54) is 0 Å². The van der Waals surface area contributed by atoms with Crippen LogP contribution in [0.1, 0.15) is 5.56 Å². The van der Waals surface area contributed by atoms with Crippen LogP contribution in [0.5, 0.6) is 0 Å². The van der Waals surface area contributed by atoms with E-state index >= 15 is 0 Å². The van der Waals surface area contributed by atoms with Gasteiger partial charge >= 0.3 is 0 Å². The van der Waals surface area contributed by atoms with Crippen molar-refractivity contribution < 1.29 is 4.39 Å². The van der Waals surface area contributed by atoms with Crippen LogP contribution in [0.15, 0.2) is 18.2 Å². The number of aromatic nitrogens is 3. The molecule has 6 heteroatoms. The molecule has 0 amide bonds. The van der Waals surface area contributed by atoms with Crippen molar-refractivity contribution in [2.45, 2.75) is 6.92 Å². The highest BCUT2D eigenvalue weighted by Crippen LogP contribution is 2.22. The van der Waals surface area contributed by atoms with Gasteiger partial charge in [-0.05, 0) is 18.6 Å². The van der Waals surface area contributed by atoms with Crippen molar-refractivity contribution in [2.24, 2.45) is 0 Å². The predicted octanol–water partition coefficient (Wildman–Crippen LogP) is 1.15. The maximum absolute atomic E-state index is 13.8. The van der Waals surface area contributed by atoms with Crippen molar-refractivity contribution >= 4 is 11.9 Å². The van der Waals surface area contributed by atoms with Crippen LogP contribution in [0.4, 0.5) is 16.3 Å². The highest BCUT2D eigenvalue weighted by molar-refractivity contribution is 5.59. The normalized spacial score (nSPS) is 10.4. The monoisotopic (exact) mass is 219 g/mol. The number of benzene rings is 1. The average molecular weight is 219 g/mol. The molecule has 0 saturated carbocycles. The van der Waals surface area contributed by atoms with Crippen molar-refractivity contribution in [3.63, 3.8) is 0 Å². The maximum Gasteiger partial charge on any atom is 0.225 e. The van der Waals surface area contributed by atoms with Crippen molar-refractivity contribution in [2.75, 3.05) is 11.5 Å². The van der Waals surface area contributed by atoms with E-state index in [-0.39, 0.29) is 29.1 Å². The molecule has 0 bridgehead atoms. The molecule has 0 radical (unpaired) electrons. The van der Waals surface area contributed by atoms with Crippen molar-refractivity contribution in [3.8, 4) is 11.4 Å². The summed E-state index contributed by atoms with van der Waals surface area (Å²) in [5.41, 5.74) is 11.6. The van der Waals surface area contributed by atoms with E-state index in [0.717, 1.165) is 0 Å². The number of hydrogen-bond donors (Lipinski definition) is 2. The second-order valence-electron chi connectivity index (χ2n) is 3.31. The highest BCUT2D eigenvalue weighted by Gasteiger charge is 2.11. The number of halogens is 1. The summed E-state index contributed by atoms with van der Waals surface area (Å²) in [6, 6.07) is 4.94. The minimum Gasteiger partial charge on any atom is -0.368 e. The molecule has 0 atom stereocenters. The molecule has 0 aliphatic carbocycles. The van der Waals surface area contributed by atoms with Gasteiger partial charge in [-0.3, -0.25) is 0 Å². The summed E-state index contributed by atoms with van der Waals surface area (Å²) in [4.78, 5) is 11.3. The minimum atomic E-state index is -0.382. The number of hydrogen-bond acceptors (Lipinski definition) is 5. The number of nitrogens with zero attached hydrogens (tertiary/aromatic N) is 3. The van der Waals surface area contributed by atoms with Gasteiger partial charge in [0.15, 0.2) is 5.82 Å². The Hall–Kier alpha value is -2.24. The number of nitrogen functional groups attached to an aromatic ring is 2. The molecule has 1 aromatic carbocycles. The molecule has 0 aliphatic rings. The highest BCUT2D eigenvalue weighted by atomic mass is 19.1. The molecule has 0 unspecified atom stereocenters. The topological polar surface area (TPSA) is 90.7 Å². The van der Waals surface area contributed by atoms with E-state index in [2.05, 4.69) is 15.0 Å². The summed E-state index contributed by atoms with van der Waals surface area (Å²) < 4.78 is 13.8. The van der Waals surface area contributed by atoms with E-state index < -0.39 is 0 Å². The van der Waals surface area contributed by atoms with E-state index in [1.54, 1.807) is 25.1 Å². The van der Waals surface area contributed by atoms with E-state index in [1.807, 2.05) is 0 Å². The molecule has 82 valence electrons. The fraction of sp³-hybridized carbons (Fsp3) is 0.100. The molecule has 16 heavy (non-hydrogen) atoms. The second-order valence-corrected chi connectivity index (χ2v) is 3.31. The van der Waals surface area contributed by atoms with Gasteiger partial charge < -0.3 is 11.5 Å². The van der Waals surface area contributed by atoms with Gasteiger partial charge in [0.1, 0.15) is 5.82 Å². The fourth-order valence-corrected chi connectivity index (χ4v) is 1.35. The van der Waals surface area contributed by atoms with Crippen LogP contribution in [0.2, 0.25) is 0 Å². The minimum absolute atomic E-state index is 0.0246. The van der Waals surface area contributed by atoms with Gasteiger partial charge in [-0.2, -0.15) is 15.0 Å². The van der Waals surface area contributed by atoms with E-state index in [9.17, 15) is 4.39 Å². The van der Waals surface area contributed by atoms with Gasteiger partial charge in [0, 0.05) is 0 Å². The number of aryl methyl sites for hydroxylation is 1. The number of rotatable bonds is 1. The molecule has 1 heterocycles. The molecular formula is C10H10FN5. The summed E-state index contributed by atoms with van der Waals surface area (Å²) >= 11 is 0. The van der Waals surface area contributed by atoms with Crippen LogP contribution < -0.4 is 11.5 Å². The maximum atomic E-state index is 13.8. The standard InChI is InChI=1S/C10H10FN5/c1-5-3-2-4-6(7(5)11)8-14-9(12)16-10(13)15-8/h2-4H,1H3,(H4,12,13,14,15,16). The van der Waals surface area contributed by atoms with Crippen LogP contribution in [0.3, 0.4) is 0 Å². The largest absolute Gasteiger partial charge is 0.368 e. The van der Waals surface area contributed by atoms with Crippen LogP contribution in [-0.4, -0.2) is 15.0 Å². The van der Waals surface area contributed by atoms with Gasteiger partial charge in [-0.15, -0.1) is 0 Å². The van der Waals surface area contributed by atoms with Gasteiger partial charge in [-0.25, -0.2) is 4.39 Å². The molecule has 2 rings (SSSR count). The van der Waals surface area contributed by atoms with Crippen LogP contribution in [-0.2, 0) is 0 Å². The molecular weight excluding hydrogens is 209 g/mol. The Kier molecular flexibility index (Phi) is 2.40. The first-order valence-corrected chi connectivity index (χ1v) is 4.60. The Morgan fingerprint density at radius 3 is 2.31 bits per heavy atom. The molecule has 0 spiro atoms. The van der Waals surface area contributed by atoms with Crippen LogP contribution in [0.25, 0.3) is 11.4 Å². The summed E-state index contributed by atoms with van der Waals surface area (Å²) in [7, 11) is 0. The van der Waals surface area contributed by atoms with Gasteiger partial charge in [-0.1, -0.05) is 12.1 Å². The first kappa shape index (κ1) is 10.3. The van der Waals surface area contributed by atoms with Crippen molar-refractivity contribution in [3.05, 3.63) is 29.6 Å². The first-order chi connectivity index (χ1) is 7.58. The Morgan fingerprint density at radius 2 is 1.69 bits per heavy atom. The lowest BCUT2D eigenvalue weighted by atomic mass is 10.1. The molecule has 1 aromatic heterocycles. The molecule has 5 nitrogen and oxygen atoms in total. The van der Waals surface area contributed by atoms with Crippen molar-refractivity contribution in [1.82, 2.24) is 15.0 Å². The summed E-state index contributed by atoms with van der Waals surface area (Å²) in [6.45, 7) is 1.66. The molecule has 0 fully saturated rings. The lowest BCUT2D eigenvalue weighted by Crippen LogP contribution is -2.05. The molecule has 2 aromatic rings. The van der Waals surface area contributed by atoms with Gasteiger partial charge in [0.25, 0.3) is 0 Å². The zero-order valence-electron chi connectivity index (χ0n) is 8.61. The first-order valence-electron chi connectivity index (χ1n) is 4.60. The number of nitrogens with two attached hydrogens (primary N) is 2. The second kappa shape index (κ2) is 3.73. The average Bonchev–Trinajstić information content (AvgIpc) is 2.20. The van der Waals surface area contributed by atoms with Gasteiger partial charge in [0.2, 0.25) is 11.9 Å². The third-order valence-corrected chi connectivity index (χ3v) is 2.10. The predicted molar refractivity (Wildman–Crippen MR) is 58.8 cm³/mol. The van der Waals surface area contributed by atoms with Gasteiger partial charge in [0.05, 0.1) is 5.56 Å². The summed E-state index contributed by atoms with van der Waals surface area (Å²) in [5, 5.41) is 0. The zero-order valence-corrected chi connectivity index (χ0v) is 8.61. The van der Waals surface area contributed by atoms with Crippen LogP contribution in [0, 0.1) is 12.7 Å². The summed E-state index contributed by atoms with van der Waals surface area (Å²) in [5.74, 6) is -0.287. The van der Waals surface area contributed by atoms with E-state index in [4.69, 9.17) is 11.5 Å². The zero-order chi connectivity index (χ0) is 11.7. The van der Waals surface area contributed by atoms with Crippen molar-refractivity contribution in [1.29, 1.82) is 0 Å². The third kappa shape index (κ3) is 1.77. The third-order valence-electron chi connectivity index (χ3n) is 2.10. The Morgan fingerprint density at radius 1 is 1.06 bits per heavy atom. The Balaban J connectivity index is 2.63. The lowest BCUT2D eigenvalue weighted by Gasteiger charge is -2.05. The smallest absolute Gasteiger partial charge is 0.225 e. The quantitative estimate of drug-likeness (QED) is 0.750. The number of anilines is 2. The van der Waals surface area contributed by atoms with E-state index in [0.29, 0.717) is 5.56 Å². The fourth-order valence-electron chi connectivity index (χ4n) is 1.35. The van der Waals surface area contributed by atoms with Crippen LogP contribution >= 0.6 is 0 Å². The molecule has 0 aliphatic heterocycles. The molecule has 0 saturated heterocycles. The summed E-state index contributed by atoms with van der Waals surface area (Å²) in [6.07, 6.45) is 0. The SMILES string of the molecule is Cc1cccc(-c2nc(N)nc(N)n2)c1F. The molecule has 4 N–H and O–H groups in total.